The van der Waals surface area contributed by atoms with Crippen LogP contribution in [-0.4, -0.2) is 21.0 Å². The van der Waals surface area contributed by atoms with E-state index >= 15 is 0 Å². The van der Waals surface area contributed by atoms with Gasteiger partial charge in [-0.1, -0.05) is 32.7 Å². The number of hydrogen-bond donors (Lipinski definition) is 1. The quantitative estimate of drug-likeness (QED) is 0.939. The zero-order chi connectivity index (χ0) is 12.5. The van der Waals surface area contributed by atoms with Gasteiger partial charge in [-0.25, -0.2) is 4.68 Å². The van der Waals surface area contributed by atoms with Crippen molar-refractivity contribution in [2.24, 2.45) is 0 Å². The Bertz CT molecular complexity index is 565. The molecule has 0 atom stereocenters. The van der Waals surface area contributed by atoms with Crippen LogP contribution in [0.15, 0.2) is 28.9 Å². The van der Waals surface area contributed by atoms with Crippen LogP contribution in [0.5, 0.6) is 0 Å². The molecule has 1 aromatic carbocycles. The number of aromatic nitrogens is 3. The number of nitrogens with one attached hydrogen (secondary N) is 1. The van der Waals surface area contributed by atoms with E-state index in [1.165, 1.54) is 12.8 Å². The van der Waals surface area contributed by atoms with Gasteiger partial charge in [-0.2, -0.15) is 0 Å². The Morgan fingerprint density at radius 2 is 2.28 bits per heavy atom. The summed E-state index contributed by atoms with van der Waals surface area (Å²) < 4.78 is 2.66. The molecule has 1 N–H and O–H groups in total. The summed E-state index contributed by atoms with van der Waals surface area (Å²) in [4.78, 5) is 0. The Labute approximate surface area is 118 Å². The van der Waals surface area contributed by atoms with E-state index < -0.39 is 0 Å². The molecule has 2 aromatic rings. The van der Waals surface area contributed by atoms with Gasteiger partial charge in [0.15, 0.2) is 0 Å². The first-order valence-corrected chi connectivity index (χ1v) is 6.99. The molecule has 0 aliphatic heterocycles. The smallest absolute Gasteiger partial charge is 0.0969 e. The van der Waals surface area contributed by atoms with Crippen LogP contribution in [0, 0.1) is 0 Å². The zero-order valence-corrected chi connectivity index (χ0v) is 11.9. The first-order chi connectivity index (χ1) is 8.72. The maximum Gasteiger partial charge on any atom is 0.0969 e. The summed E-state index contributed by atoms with van der Waals surface area (Å²) in [7, 11) is 0. The third kappa shape index (κ3) is 2.74. The monoisotopic (exact) mass is 326 g/mol. The summed E-state index contributed by atoms with van der Waals surface area (Å²) in [6.45, 7) is 0.763. The van der Waals surface area contributed by atoms with Gasteiger partial charge in [-0.15, -0.1) is 5.10 Å². The Morgan fingerprint density at radius 3 is 3.00 bits per heavy atom. The molecule has 0 spiro atoms. The maximum atomic E-state index is 6.18. The molecule has 1 aliphatic rings. The van der Waals surface area contributed by atoms with Gasteiger partial charge in [-0.3, -0.25) is 0 Å². The number of hydrogen-bond acceptors (Lipinski definition) is 3. The second kappa shape index (κ2) is 4.99. The fourth-order valence-corrected chi connectivity index (χ4v) is 2.46. The number of halogens is 2. The average molecular weight is 328 g/mol. The fraction of sp³-hybridized carbons (Fsp3) is 0.333. The van der Waals surface area contributed by atoms with E-state index in [1.807, 2.05) is 24.4 Å². The highest BCUT2D eigenvalue weighted by Gasteiger charge is 2.20. The van der Waals surface area contributed by atoms with E-state index in [2.05, 4.69) is 31.6 Å². The van der Waals surface area contributed by atoms with Crippen LogP contribution in [0.1, 0.15) is 18.5 Å². The van der Waals surface area contributed by atoms with E-state index in [4.69, 9.17) is 11.6 Å². The van der Waals surface area contributed by atoms with E-state index in [1.54, 1.807) is 4.68 Å². The van der Waals surface area contributed by atoms with Crippen molar-refractivity contribution in [3.05, 3.63) is 39.6 Å². The van der Waals surface area contributed by atoms with Gasteiger partial charge >= 0.3 is 0 Å². The van der Waals surface area contributed by atoms with Gasteiger partial charge in [0.25, 0.3) is 0 Å². The summed E-state index contributed by atoms with van der Waals surface area (Å²) in [5.74, 6) is 0. The molecule has 6 heteroatoms. The van der Waals surface area contributed by atoms with Crippen molar-refractivity contribution >= 4 is 27.5 Å². The highest BCUT2D eigenvalue weighted by atomic mass is 79.9. The lowest BCUT2D eigenvalue weighted by atomic mass is 10.3. The van der Waals surface area contributed by atoms with E-state index in [-0.39, 0.29) is 0 Å². The molecule has 1 fully saturated rings. The minimum absolute atomic E-state index is 0.649. The van der Waals surface area contributed by atoms with Gasteiger partial charge in [0.05, 0.1) is 22.6 Å². The van der Waals surface area contributed by atoms with Crippen LogP contribution in [0.4, 0.5) is 0 Å². The summed E-state index contributed by atoms with van der Waals surface area (Å²) in [5.41, 5.74) is 1.77. The maximum absolute atomic E-state index is 6.18. The lowest BCUT2D eigenvalue weighted by Gasteiger charge is -2.03. The zero-order valence-electron chi connectivity index (χ0n) is 9.61. The summed E-state index contributed by atoms with van der Waals surface area (Å²) in [5, 5.41) is 12.3. The number of nitrogens with zero attached hydrogens (tertiary/aromatic N) is 3. The molecule has 1 aliphatic carbocycles. The van der Waals surface area contributed by atoms with Gasteiger partial charge in [0, 0.05) is 17.1 Å². The molecule has 0 radical (unpaired) electrons. The van der Waals surface area contributed by atoms with Crippen molar-refractivity contribution in [2.45, 2.75) is 25.4 Å². The highest BCUT2D eigenvalue weighted by Crippen LogP contribution is 2.24. The van der Waals surface area contributed by atoms with Crippen molar-refractivity contribution in [3.63, 3.8) is 0 Å². The Hall–Kier alpha value is -0.910. The Kier molecular flexibility index (Phi) is 3.37. The average Bonchev–Trinajstić information content (AvgIpc) is 3.05. The first-order valence-electron chi connectivity index (χ1n) is 5.82. The van der Waals surface area contributed by atoms with Gasteiger partial charge < -0.3 is 5.32 Å². The third-order valence-electron chi connectivity index (χ3n) is 2.85. The molecule has 1 aromatic heterocycles. The van der Waals surface area contributed by atoms with Crippen molar-refractivity contribution in [3.8, 4) is 5.69 Å². The van der Waals surface area contributed by atoms with E-state index in [0.29, 0.717) is 11.1 Å². The molecular weight excluding hydrogens is 316 g/mol. The van der Waals surface area contributed by atoms with Crippen LogP contribution < -0.4 is 5.32 Å². The second-order valence-electron chi connectivity index (χ2n) is 4.41. The standard InChI is InChI=1S/C12H12BrClN4/c13-8-1-4-12(11(14)5-8)18-7-10(16-17-18)6-15-9-2-3-9/h1,4-5,7,9,15H,2-3,6H2. The lowest BCUT2D eigenvalue weighted by Crippen LogP contribution is -2.15. The van der Waals surface area contributed by atoms with Crippen molar-refractivity contribution in [2.75, 3.05) is 0 Å². The Morgan fingerprint density at radius 1 is 1.44 bits per heavy atom. The van der Waals surface area contributed by atoms with Crippen LogP contribution in [-0.2, 0) is 6.54 Å². The molecular formula is C12H12BrClN4. The normalized spacial score (nSPS) is 15.0. The molecule has 0 bridgehead atoms. The molecule has 4 nitrogen and oxygen atoms in total. The highest BCUT2D eigenvalue weighted by molar-refractivity contribution is 9.10. The molecule has 1 heterocycles. The molecule has 0 saturated heterocycles. The van der Waals surface area contributed by atoms with Gasteiger partial charge in [0.1, 0.15) is 0 Å². The molecule has 0 amide bonds. The Balaban J connectivity index is 1.78. The van der Waals surface area contributed by atoms with Crippen molar-refractivity contribution in [1.82, 2.24) is 20.3 Å². The predicted molar refractivity (Wildman–Crippen MR) is 73.9 cm³/mol. The summed E-state index contributed by atoms with van der Waals surface area (Å²) in [6, 6.07) is 6.37. The largest absolute Gasteiger partial charge is 0.308 e. The van der Waals surface area contributed by atoms with Crippen LogP contribution in [0.3, 0.4) is 0 Å². The third-order valence-corrected chi connectivity index (χ3v) is 3.64. The van der Waals surface area contributed by atoms with Gasteiger partial charge in [0.2, 0.25) is 0 Å². The second-order valence-corrected chi connectivity index (χ2v) is 5.73. The van der Waals surface area contributed by atoms with Crippen molar-refractivity contribution in [1.29, 1.82) is 0 Å². The SMILES string of the molecule is Clc1cc(Br)ccc1-n1cc(CNC2CC2)nn1. The topological polar surface area (TPSA) is 42.7 Å². The predicted octanol–water partition coefficient (Wildman–Crippen LogP) is 2.94. The lowest BCUT2D eigenvalue weighted by molar-refractivity contribution is 0.671. The summed E-state index contributed by atoms with van der Waals surface area (Å²) >= 11 is 9.56. The molecule has 18 heavy (non-hydrogen) atoms. The number of rotatable bonds is 4. The fourth-order valence-electron chi connectivity index (χ4n) is 1.70. The summed E-state index contributed by atoms with van der Waals surface area (Å²) in [6.07, 6.45) is 4.45. The van der Waals surface area contributed by atoms with Crippen LogP contribution >= 0.6 is 27.5 Å². The molecule has 1 saturated carbocycles. The van der Waals surface area contributed by atoms with E-state index in [0.717, 1.165) is 22.4 Å². The van der Waals surface area contributed by atoms with E-state index in [9.17, 15) is 0 Å². The molecule has 3 rings (SSSR count). The van der Waals surface area contributed by atoms with Gasteiger partial charge in [-0.05, 0) is 31.0 Å². The number of benzene rings is 1. The van der Waals surface area contributed by atoms with Crippen LogP contribution in [0.2, 0.25) is 5.02 Å². The van der Waals surface area contributed by atoms with Crippen LogP contribution in [0.25, 0.3) is 5.69 Å². The van der Waals surface area contributed by atoms with Crippen molar-refractivity contribution < 1.29 is 0 Å². The minimum atomic E-state index is 0.649. The minimum Gasteiger partial charge on any atom is -0.308 e. The molecule has 0 unspecified atom stereocenters. The first kappa shape index (κ1) is 12.1. The molecule has 94 valence electrons.